The molecule has 0 aromatic heterocycles. The quantitative estimate of drug-likeness (QED) is 0.533. The Balaban J connectivity index is 2.01. The maximum atomic E-state index is 14.4. The van der Waals surface area contributed by atoms with Gasteiger partial charge in [-0.2, -0.15) is 22.0 Å². The van der Waals surface area contributed by atoms with Crippen LogP contribution in [-0.2, 0) is 15.7 Å². The van der Waals surface area contributed by atoms with Crippen LogP contribution in [0.25, 0.3) is 5.57 Å². The van der Waals surface area contributed by atoms with Crippen LogP contribution < -0.4 is 0 Å². The van der Waals surface area contributed by atoms with Crippen LogP contribution in [0.15, 0.2) is 60.2 Å². The van der Waals surface area contributed by atoms with Crippen LogP contribution in [0.1, 0.15) is 29.7 Å². The summed E-state index contributed by atoms with van der Waals surface area (Å²) in [6.45, 7) is 1.11. The first kappa shape index (κ1) is 18.1. The van der Waals surface area contributed by atoms with Crippen molar-refractivity contribution in [2.75, 3.05) is 0 Å². The molecular weight excluding hydrogens is 355 g/mol. The van der Waals surface area contributed by atoms with Crippen molar-refractivity contribution in [3.63, 3.8) is 0 Å². The van der Waals surface area contributed by atoms with Crippen molar-refractivity contribution in [3.8, 4) is 0 Å². The molecule has 0 fully saturated rings. The summed E-state index contributed by atoms with van der Waals surface area (Å²) in [6, 6.07) is 11.5. The van der Waals surface area contributed by atoms with Crippen LogP contribution in [0.4, 0.5) is 22.0 Å². The molecule has 1 aliphatic rings. The van der Waals surface area contributed by atoms with Gasteiger partial charge in [0.05, 0.1) is 11.1 Å². The minimum atomic E-state index is -4.55. The molecule has 0 bridgehead atoms. The Morgan fingerprint density at radius 3 is 2.08 bits per heavy atom. The average Bonchev–Trinajstić information content (AvgIpc) is 3.14. The zero-order valence-corrected chi connectivity index (χ0v) is 13.5. The Hall–Kier alpha value is -2.70. The topological polar surface area (TPSA) is 26.3 Å². The van der Waals surface area contributed by atoms with Gasteiger partial charge in [0.15, 0.2) is 6.10 Å². The normalized spacial score (nSPS) is 17.0. The number of carbonyl (C=O) groups excluding carboxylic acids is 1. The van der Waals surface area contributed by atoms with Gasteiger partial charge in [-0.05, 0) is 23.3 Å². The number of allylic oxidation sites excluding steroid dienone is 1. The number of benzene rings is 2. The van der Waals surface area contributed by atoms with E-state index >= 15 is 0 Å². The van der Waals surface area contributed by atoms with Crippen LogP contribution in [0, 0.1) is 0 Å². The van der Waals surface area contributed by atoms with E-state index in [1.54, 1.807) is 30.3 Å². The molecule has 0 saturated carbocycles. The van der Waals surface area contributed by atoms with Crippen LogP contribution in [0.3, 0.4) is 0 Å². The van der Waals surface area contributed by atoms with E-state index in [2.05, 4.69) is 0 Å². The fourth-order valence-corrected chi connectivity index (χ4v) is 2.80. The molecule has 2 aromatic carbocycles. The third kappa shape index (κ3) is 3.34. The SMILES string of the molecule is CC(=O)OC(C1=C(c2ccc(C(F)(F)F)cc2)C1(F)F)c1ccccc1. The Morgan fingerprint density at radius 1 is 1.00 bits per heavy atom. The Morgan fingerprint density at radius 2 is 1.58 bits per heavy atom. The molecule has 0 heterocycles. The number of carbonyl (C=O) groups is 1. The molecule has 0 amide bonds. The van der Waals surface area contributed by atoms with Crippen molar-refractivity contribution in [1.29, 1.82) is 0 Å². The van der Waals surface area contributed by atoms with E-state index in [4.69, 9.17) is 4.74 Å². The van der Waals surface area contributed by atoms with Crippen molar-refractivity contribution < 1.29 is 31.5 Å². The maximum Gasteiger partial charge on any atom is 0.416 e. The van der Waals surface area contributed by atoms with Crippen LogP contribution >= 0.6 is 0 Å². The van der Waals surface area contributed by atoms with E-state index in [-0.39, 0.29) is 5.56 Å². The third-order valence-corrected chi connectivity index (χ3v) is 4.01. The molecule has 1 aliphatic carbocycles. The predicted molar refractivity (Wildman–Crippen MR) is 84.3 cm³/mol. The summed E-state index contributed by atoms with van der Waals surface area (Å²) in [4.78, 5) is 11.4. The molecule has 136 valence electrons. The van der Waals surface area contributed by atoms with Crippen molar-refractivity contribution in [2.45, 2.75) is 25.1 Å². The number of halogens is 5. The van der Waals surface area contributed by atoms with Crippen molar-refractivity contribution in [2.24, 2.45) is 0 Å². The second-order valence-corrected chi connectivity index (χ2v) is 5.84. The summed E-state index contributed by atoms with van der Waals surface area (Å²) >= 11 is 0. The molecule has 0 saturated heterocycles. The van der Waals surface area contributed by atoms with Gasteiger partial charge >= 0.3 is 12.1 Å². The molecule has 3 rings (SSSR count). The zero-order valence-electron chi connectivity index (χ0n) is 13.5. The molecule has 2 nitrogen and oxygen atoms in total. The van der Waals surface area contributed by atoms with Crippen LogP contribution in [0.2, 0.25) is 0 Å². The molecule has 0 N–H and O–H groups in total. The number of hydrogen-bond donors (Lipinski definition) is 0. The van der Waals surface area contributed by atoms with Crippen molar-refractivity contribution >= 4 is 11.5 Å². The Labute approximate surface area is 145 Å². The molecule has 26 heavy (non-hydrogen) atoms. The summed E-state index contributed by atoms with van der Waals surface area (Å²) in [5.41, 5.74) is -1.43. The third-order valence-electron chi connectivity index (χ3n) is 4.01. The molecular formula is C19H13F5O2. The van der Waals surface area contributed by atoms with Crippen LogP contribution in [0.5, 0.6) is 0 Å². The van der Waals surface area contributed by atoms with Gasteiger partial charge in [-0.1, -0.05) is 42.5 Å². The first-order valence-electron chi connectivity index (χ1n) is 7.65. The number of ether oxygens (including phenoxy) is 1. The highest BCUT2D eigenvalue weighted by atomic mass is 19.4. The van der Waals surface area contributed by atoms with Gasteiger partial charge in [0.25, 0.3) is 5.92 Å². The Bertz CT molecular complexity index is 852. The molecule has 2 aromatic rings. The molecule has 1 unspecified atom stereocenters. The summed E-state index contributed by atoms with van der Waals surface area (Å²) in [7, 11) is 0. The van der Waals surface area contributed by atoms with Gasteiger partial charge in [-0.15, -0.1) is 0 Å². The minimum absolute atomic E-state index is 0.0360. The highest BCUT2D eigenvalue weighted by Gasteiger charge is 2.60. The second-order valence-electron chi connectivity index (χ2n) is 5.84. The van der Waals surface area contributed by atoms with Gasteiger partial charge in [0.2, 0.25) is 0 Å². The van der Waals surface area contributed by atoms with E-state index in [0.717, 1.165) is 31.2 Å². The van der Waals surface area contributed by atoms with E-state index in [9.17, 15) is 26.7 Å². The van der Waals surface area contributed by atoms with E-state index in [1.165, 1.54) is 0 Å². The van der Waals surface area contributed by atoms with Crippen molar-refractivity contribution in [1.82, 2.24) is 0 Å². The first-order chi connectivity index (χ1) is 12.1. The van der Waals surface area contributed by atoms with E-state index in [0.29, 0.717) is 5.56 Å². The van der Waals surface area contributed by atoms with Gasteiger partial charge in [0, 0.05) is 12.5 Å². The average molecular weight is 368 g/mol. The zero-order chi connectivity index (χ0) is 19.1. The number of hydrogen-bond acceptors (Lipinski definition) is 2. The number of rotatable bonds is 4. The monoisotopic (exact) mass is 368 g/mol. The molecule has 0 aliphatic heterocycles. The lowest BCUT2D eigenvalue weighted by Crippen LogP contribution is -2.12. The predicted octanol–water partition coefficient (Wildman–Crippen LogP) is 5.41. The lowest BCUT2D eigenvalue weighted by atomic mass is 10.1. The largest absolute Gasteiger partial charge is 0.453 e. The van der Waals surface area contributed by atoms with Gasteiger partial charge in [-0.25, -0.2) is 0 Å². The molecule has 7 heteroatoms. The summed E-state index contributed by atoms with van der Waals surface area (Å²) in [5, 5.41) is 0. The Kier molecular flexibility index (Phi) is 4.34. The second kappa shape index (κ2) is 6.23. The van der Waals surface area contributed by atoms with Crippen molar-refractivity contribution in [3.05, 3.63) is 76.9 Å². The standard InChI is InChI=1S/C19H13F5O2/c1-11(25)26-17(13-5-3-2-4-6-13)16-15(18(16,20)21)12-7-9-14(10-8-12)19(22,23)24/h2-10,17H,1H3. The molecule has 0 radical (unpaired) electrons. The summed E-state index contributed by atoms with van der Waals surface area (Å²) in [6.07, 6.45) is -5.84. The lowest BCUT2D eigenvalue weighted by molar-refractivity contribution is -0.145. The van der Waals surface area contributed by atoms with Crippen LogP contribution in [-0.4, -0.2) is 11.9 Å². The summed E-state index contributed by atoms with van der Waals surface area (Å²) < 4.78 is 71.7. The molecule has 1 atom stereocenters. The van der Waals surface area contributed by atoms with Gasteiger partial charge in [-0.3, -0.25) is 4.79 Å². The summed E-state index contributed by atoms with van der Waals surface area (Å²) in [5.74, 6) is -4.09. The highest BCUT2D eigenvalue weighted by molar-refractivity contribution is 5.92. The fraction of sp³-hybridized carbons (Fsp3) is 0.211. The van der Waals surface area contributed by atoms with E-state index in [1.807, 2.05) is 0 Å². The van der Waals surface area contributed by atoms with Gasteiger partial charge < -0.3 is 4.74 Å². The maximum absolute atomic E-state index is 14.4. The first-order valence-corrected chi connectivity index (χ1v) is 7.65. The lowest BCUT2D eigenvalue weighted by Gasteiger charge is -2.15. The van der Waals surface area contributed by atoms with Gasteiger partial charge in [0.1, 0.15) is 0 Å². The van der Waals surface area contributed by atoms with E-state index < -0.39 is 40.9 Å². The molecule has 0 spiro atoms. The highest BCUT2D eigenvalue weighted by Crippen LogP contribution is 2.60. The minimum Gasteiger partial charge on any atom is -0.453 e. The fourth-order valence-electron chi connectivity index (χ4n) is 2.80. The smallest absolute Gasteiger partial charge is 0.416 e. The number of alkyl halides is 5. The number of esters is 1.